The van der Waals surface area contributed by atoms with Gasteiger partial charge in [0.05, 0.1) is 4.90 Å². The topological polar surface area (TPSA) is 66.5 Å². The summed E-state index contributed by atoms with van der Waals surface area (Å²) in [6.07, 6.45) is 5.15. The fraction of sp³-hybridized carbons (Fsp3) is 0.562. The molecule has 0 unspecified atom stereocenters. The van der Waals surface area contributed by atoms with Crippen molar-refractivity contribution in [1.82, 2.24) is 4.31 Å². The molecule has 2 rings (SSSR count). The van der Waals surface area contributed by atoms with Crippen LogP contribution < -0.4 is 5.32 Å². The van der Waals surface area contributed by atoms with Crippen molar-refractivity contribution < 1.29 is 13.2 Å². The Labute approximate surface area is 132 Å². The molecule has 0 spiro atoms. The van der Waals surface area contributed by atoms with Gasteiger partial charge in [0, 0.05) is 25.2 Å². The van der Waals surface area contributed by atoms with Crippen LogP contribution in [0.1, 0.15) is 45.4 Å². The number of carbonyl (C=O) groups excluding carboxylic acids is 1. The van der Waals surface area contributed by atoms with E-state index in [0.29, 0.717) is 25.2 Å². The minimum atomic E-state index is -3.46. The van der Waals surface area contributed by atoms with E-state index in [-0.39, 0.29) is 10.8 Å². The first-order chi connectivity index (χ1) is 10.5. The number of amides is 1. The lowest BCUT2D eigenvalue weighted by Gasteiger charge is -2.26. The third-order valence-electron chi connectivity index (χ3n) is 3.83. The molecule has 1 N–H and O–H groups in total. The minimum Gasteiger partial charge on any atom is -0.326 e. The van der Waals surface area contributed by atoms with Crippen LogP contribution >= 0.6 is 0 Å². The number of hydrogen-bond acceptors (Lipinski definition) is 3. The van der Waals surface area contributed by atoms with E-state index in [1.807, 2.05) is 6.92 Å². The van der Waals surface area contributed by atoms with Gasteiger partial charge in [-0.3, -0.25) is 4.79 Å². The third-order valence-corrected chi connectivity index (χ3v) is 5.72. The van der Waals surface area contributed by atoms with Gasteiger partial charge in [-0.2, -0.15) is 4.31 Å². The Morgan fingerprint density at radius 2 is 1.95 bits per heavy atom. The zero-order valence-electron chi connectivity index (χ0n) is 13.0. The van der Waals surface area contributed by atoms with Crippen LogP contribution in [0, 0.1) is 0 Å². The number of benzene rings is 1. The number of unbranched alkanes of at least 4 members (excludes halogenated alkanes) is 1. The van der Waals surface area contributed by atoms with Crippen molar-refractivity contribution in [3.8, 4) is 0 Å². The smallest absolute Gasteiger partial charge is 0.243 e. The fourth-order valence-corrected chi connectivity index (χ4v) is 4.11. The van der Waals surface area contributed by atoms with E-state index in [1.165, 1.54) is 4.31 Å². The Balaban J connectivity index is 2.11. The van der Waals surface area contributed by atoms with Crippen molar-refractivity contribution in [2.75, 3.05) is 18.4 Å². The molecule has 1 aromatic carbocycles. The van der Waals surface area contributed by atoms with Crippen molar-refractivity contribution >= 4 is 21.6 Å². The zero-order chi connectivity index (χ0) is 16.0. The summed E-state index contributed by atoms with van der Waals surface area (Å²) in [5.41, 5.74) is 0.541. The van der Waals surface area contributed by atoms with Crippen LogP contribution in [0.2, 0.25) is 0 Å². The summed E-state index contributed by atoms with van der Waals surface area (Å²) in [7, 11) is -3.46. The van der Waals surface area contributed by atoms with Gasteiger partial charge in [0.1, 0.15) is 0 Å². The number of nitrogens with zero attached hydrogens (tertiary/aromatic N) is 1. The first-order valence-corrected chi connectivity index (χ1v) is 9.38. The highest BCUT2D eigenvalue weighted by Gasteiger charge is 2.26. The second-order valence-electron chi connectivity index (χ2n) is 5.64. The quantitative estimate of drug-likeness (QED) is 0.875. The molecule has 0 bridgehead atoms. The predicted octanol–water partition coefficient (Wildman–Crippen LogP) is 2.99. The molecule has 1 heterocycles. The normalized spacial score (nSPS) is 16.4. The van der Waals surface area contributed by atoms with E-state index < -0.39 is 10.0 Å². The molecule has 1 aliphatic heterocycles. The number of carbonyl (C=O) groups is 1. The molecule has 0 aromatic heterocycles. The molecule has 5 nitrogen and oxygen atoms in total. The molecule has 1 aromatic rings. The molecular weight excluding hydrogens is 300 g/mol. The molecule has 1 fully saturated rings. The summed E-state index contributed by atoms with van der Waals surface area (Å²) in [4.78, 5) is 12.0. The zero-order valence-corrected chi connectivity index (χ0v) is 13.9. The van der Waals surface area contributed by atoms with Crippen molar-refractivity contribution in [3.05, 3.63) is 24.3 Å². The van der Waals surface area contributed by atoms with E-state index in [4.69, 9.17) is 0 Å². The molecule has 0 atom stereocenters. The number of sulfonamides is 1. The maximum absolute atomic E-state index is 12.6. The van der Waals surface area contributed by atoms with Gasteiger partial charge in [0.25, 0.3) is 0 Å². The maximum atomic E-state index is 12.6. The standard InChI is InChI=1S/C16H24N2O3S/c1-2-3-10-16(19)17-14-8-7-9-15(13-14)22(20,21)18-11-5-4-6-12-18/h7-9,13H,2-6,10-12H2,1H3,(H,17,19). The molecule has 0 aliphatic carbocycles. The maximum Gasteiger partial charge on any atom is 0.243 e. The average Bonchev–Trinajstić information content (AvgIpc) is 2.54. The van der Waals surface area contributed by atoms with Crippen LogP contribution in [0.5, 0.6) is 0 Å². The van der Waals surface area contributed by atoms with Gasteiger partial charge in [-0.1, -0.05) is 25.8 Å². The lowest BCUT2D eigenvalue weighted by molar-refractivity contribution is -0.116. The number of piperidine rings is 1. The predicted molar refractivity (Wildman–Crippen MR) is 87.2 cm³/mol. The summed E-state index contributed by atoms with van der Waals surface area (Å²) >= 11 is 0. The summed E-state index contributed by atoms with van der Waals surface area (Å²) in [5, 5.41) is 2.77. The van der Waals surface area contributed by atoms with Crippen molar-refractivity contribution in [3.63, 3.8) is 0 Å². The average molecular weight is 324 g/mol. The Bertz CT molecular complexity index is 608. The van der Waals surface area contributed by atoms with Gasteiger partial charge in [-0.05, 0) is 37.5 Å². The molecule has 1 saturated heterocycles. The second kappa shape index (κ2) is 7.74. The summed E-state index contributed by atoms with van der Waals surface area (Å²) in [5.74, 6) is -0.0747. The minimum absolute atomic E-state index is 0.0747. The van der Waals surface area contributed by atoms with Gasteiger partial charge in [-0.15, -0.1) is 0 Å². The van der Waals surface area contributed by atoms with Gasteiger partial charge in [0.15, 0.2) is 0 Å². The van der Waals surface area contributed by atoms with Crippen LogP contribution in [0.25, 0.3) is 0 Å². The highest BCUT2D eigenvalue weighted by atomic mass is 32.2. The highest BCUT2D eigenvalue weighted by molar-refractivity contribution is 7.89. The van der Waals surface area contributed by atoms with Crippen molar-refractivity contribution in [2.45, 2.75) is 50.3 Å². The van der Waals surface area contributed by atoms with E-state index in [2.05, 4.69) is 5.32 Å². The summed E-state index contributed by atoms with van der Waals surface area (Å²) in [6, 6.07) is 6.53. The highest BCUT2D eigenvalue weighted by Crippen LogP contribution is 2.23. The van der Waals surface area contributed by atoms with E-state index in [9.17, 15) is 13.2 Å². The first-order valence-electron chi connectivity index (χ1n) is 7.94. The second-order valence-corrected chi connectivity index (χ2v) is 7.58. The van der Waals surface area contributed by atoms with Crippen molar-refractivity contribution in [2.24, 2.45) is 0 Å². The molecule has 6 heteroatoms. The van der Waals surface area contributed by atoms with E-state index in [1.54, 1.807) is 24.3 Å². The van der Waals surface area contributed by atoms with Crippen LogP contribution in [0.3, 0.4) is 0 Å². The molecule has 0 radical (unpaired) electrons. The van der Waals surface area contributed by atoms with Crippen LogP contribution in [-0.4, -0.2) is 31.7 Å². The summed E-state index contributed by atoms with van der Waals surface area (Å²) in [6.45, 7) is 3.18. The lowest BCUT2D eigenvalue weighted by Crippen LogP contribution is -2.35. The molecule has 122 valence electrons. The van der Waals surface area contributed by atoms with E-state index in [0.717, 1.165) is 32.1 Å². The van der Waals surface area contributed by atoms with Crippen LogP contribution in [0.15, 0.2) is 29.2 Å². The van der Waals surface area contributed by atoms with Crippen LogP contribution in [-0.2, 0) is 14.8 Å². The first kappa shape index (κ1) is 17.0. The largest absolute Gasteiger partial charge is 0.326 e. The molecule has 1 aliphatic rings. The third kappa shape index (κ3) is 4.30. The van der Waals surface area contributed by atoms with Crippen LogP contribution in [0.4, 0.5) is 5.69 Å². The van der Waals surface area contributed by atoms with Gasteiger partial charge in [-0.25, -0.2) is 8.42 Å². The van der Waals surface area contributed by atoms with Gasteiger partial charge >= 0.3 is 0 Å². The monoisotopic (exact) mass is 324 g/mol. The number of nitrogens with one attached hydrogen (secondary N) is 1. The Kier molecular flexibility index (Phi) is 5.97. The Morgan fingerprint density at radius 3 is 2.64 bits per heavy atom. The fourth-order valence-electron chi connectivity index (χ4n) is 2.55. The molecule has 1 amide bonds. The van der Waals surface area contributed by atoms with Crippen molar-refractivity contribution in [1.29, 1.82) is 0 Å². The number of hydrogen-bond donors (Lipinski definition) is 1. The van der Waals surface area contributed by atoms with Gasteiger partial charge < -0.3 is 5.32 Å². The Hall–Kier alpha value is -1.40. The molecule has 0 saturated carbocycles. The molecule has 22 heavy (non-hydrogen) atoms. The van der Waals surface area contributed by atoms with E-state index >= 15 is 0 Å². The SMILES string of the molecule is CCCCC(=O)Nc1cccc(S(=O)(=O)N2CCCCC2)c1. The number of rotatable bonds is 6. The van der Waals surface area contributed by atoms with Gasteiger partial charge in [0.2, 0.25) is 15.9 Å². The number of anilines is 1. The Morgan fingerprint density at radius 1 is 1.23 bits per heavy atom. The summed E-state index contributed by atoms with van der Waals surface area (Å²) < 4.78 is 26.8. The molecular formula is C16H24N2O3S. The lowest BCUT2D eigenvalue weighted by atomic mass is 10.2.